The van der Waals surface area contributed by atoms with Gasteiger partial charge in [-0.05, 0) is 55.5 Å². The zero-order valence-electron chi connectivity index (χ0n) is 15.6. The van der Waals surface area contributed by atoms with Crippen molar-refractivity contribution in [2.24, 2.45) is 5.92 Å². The molecule has 6 nitrogen and oxygen atoms in total. The van der Waals surface area contributed by atoms with Gasteiger partial charge in [-0.1, -0.05) is 6.92 Å². The molecular weight excluding hydrogens is 382 g/mol. The van der Waals surface area contributed by atoms with Crippen molar-refractivity contribution in [3.63, 3.8) is 0 Å². The highest BCUT2D eigenvalue weighted by Crippen LogP contribution is 2.28. The molecular formula is C19H25N3O3S2. The number of nitrogens with one attached hydrogen (secondary N) is 1. The molecule has 1 aliphatic rings. The first-order chi connectivity index (χ1) is 12.9. The minimum absolute atomic E-state index is 0.0711. The van der Waals surface area contributed by atoms with Crippen molar-refractivity contribution in [1.82, 2.24) is 14.6 Å². The fourth-order valence-electron chi connectivity index (χ4n) is 3.26. The van der Waals surface area contributed by atoms with E-state index in [0.29, 0.717) is 30.1 Å². The number of carbonyl (C=O) groups excluding carboxylic acids is 1. The Morgan fingerprint density at radius 3 is 2.74 bits per heavy atom. The Labute approximate surface area is 164 Å². The molecule has 3 heterocycles. The summed E-state index contributed by atoms with van der Waals surface area (Å²) in [5, 5.41) is 2.99. The number of rotatable bonds is 6. The maximum atomic E-state index is 12.8. The summed E-state index contributed by atoms with van der Waals surface area (Å²) in [6.45, 7) is 5.17. The quantitative estimate of drug-likeness (QED) is 0.799. The van der Waals surface area contributed by atoms with Gasteiger partial charge in [-0.3, -0.25) is 9.78 Å². The number of pyridine rings is 1. The third kappa shape index (κ3) is 4.75. The molecule has 146 valence electrons. The summed E-state index contributed by atoms with van der Waals surface area (Å²) in [6.07, 6.45) is 4.89. The van der Waals surface area contributed by atoms with Crippen LogP contribution in [0.25, 0.3) is 0 Å². The minimum Gasteiger partial charge on any atom is -0.355 e. The monoisotopic (exact) mass is 407 g/mol. The lowest BCUT2D eigenvalue weighted by Gasteiger charge is -2.31. The number of amides is 1. The van der Waals surface area contributed by atoms with Crippen LogP contribution in [0.2, 0.25) is 0 Å². The van der Waals surface area contributed by atoms with Crippen LogP contribution >= 0.6 is 11.3 Å². The van der Waals surface area contributed by atoms with Gasteiger partial charge >= 0.3 is 0 Å². The number of thiophene rings is 1. The van der Waals surface area contributed by atoms with Crippen LogP contribution < -0.4 is 5.32 Å². The second kappa shape index (κ2) is 8.50. The highest BCUT2D eigenvalue weighted by atomic mass is 32.2. The van der Waals surface area contributed by atoms with E-state index in [4.69, 9.17) is 0 Å². The van der Waals surface area contributed by atoms with E-state index in [1.807, 2.05) is 32.0 Å². The molecule has 2 aromatic rings. The van der Waals surface area contributed by atoms with E-state index in [0.717, 1.165) is 10.4 Å². The molecule has 2 atom stereocenters. The SMILES string of the molecule is Cc1ccc(S(=O)(=O)N2CCC[C@@H](C(=O)NC[C@H](C)c3ccncc3)C2)s1. The van der Waals surface area contributed by atoms with Gasteiger partial charge in [-0.2, -0.15) is 4.31 Å². The van der Waals surface area contributed by atoms with Gasteiger partial charge in [0.15, 0.2) is 0 Å². The average Bonchev–Trinajstić information content (AvgIpc) is 3.14. The molecule has 0 aromatic carbocycles. The lowest BCUT2D eigenvalue weighted by atomic mass is 9.98. The molecule has 0 radical (unpaired) electrons. The van der Waals surface area contributed by atoms with E-state index in [1.54, 1.807) is 18.5 Å². The standard InChI is InChI=1S/C19H25N3O3S2/c1-14(16-7-9-20-10-8-16)12-21-19(23)17-4-3-11-22(13-17)27(24,25)18-6-5-15(2)26-18/h5-10,14,17H,3-4,11-13H2,1-2H3,(H,21,23)/t14-,17+/m0/s1. The summed E-state index contributed by atoms with van der Waals surface area (Å²) in [5.74, 6) is -0.202. The fourth-order valence-corrected chi connectivity index (χ4v) is 6.22. The average molecular weight is 408 g/mol. The molecule has 1 N–H and O–H groups in total. The Morgan fingerprint density at radius 1 is 1.33 bits per heavy atom. The first-order valence-corrected chi connectivity index (χ1v) is 11.4. The van der Waals surface area contributed by atoms with Gasteiger partial charge in [-0.15, -0.1) is 11.3 Å². The number of piperidine rings is 1. The number of aryl methyl sites for hydroxylation is 1. The van der Waals surface area contributed by atoms with Gasteiger partial charge in [0, 0.05) is 36.9 Å². The van der Waals surface area contributed by atoms with Crippen LogP contribution in [0, 0.1) is 12.8 Å². The molecule has 1 saturated heterocycles. The van der Waals surface area contributed by atoms with Crippen molar-refractivity contribution in [2.45, 2.75) is 36.8 Å². The van der Waals surface area contributed by atoms with Crippen LogP contribution in [0.3, 0.4) is 0 Å². The Hall–Kier alpha value is -1.77. The van der Waals surface area contributed by atoms with Crippen molar-refractivity contribution in [2.75, 3.05) is 19.6 Å². The van der Waals surface area contributed by atoms with Gasteiger partial charge < -0.3 is 5.32 Å². The molecule has 0 aliphatic carbocycles. The molecule has 2 aromatic heterocycles. The van der Waals surface area contributed by atoms with Crippen molar-refractivity contribution >= 4 is 27.3 Å². The van der Waals surface area contributed by atoms with Gasteiger partial charge in [0.05, 0.1) is 5.92 Å². The number of aromatic nitrogens is 1. The lowest BCUT2D eigenvalue weighted by Crippen LogP contribution is -2.45. The first kappa shape index (κ1) is 20.0. The maximum absolute atomic E-state index is 12.8. The second-order valence-electron chi connectivity index (χ2n) is 6.99. The summed E-state index contributed by atoms with van der Waals surface area (Å²) in [6, 6.07) is 7.34. The van der Waals surface area contributed by atoms with Gasteiger partial charge in [0.1, 0.15) is 4.21 Å². The Kier molecular flexibility index (Phi) is 6.29. The van der Waals surface area contributed by atoms with Crippen molar-refractivity contribution in [3.05, 3.63) is 47.1 Å². The number of hydrogen-bond donors (Lipinski definition) is 1. The van der Waals surface area contributed by atoms with E-state index in [1.165, 1.54) is 15.6 Å². The molecule has 0 unspecified atom stereocenters. The molecule has 1 fully saturated rings. The van der Waals surface area contributed by atoms with Crippen molar-refractivity contribution in [1.29, 1.82) is 0 Å². The van der Waals surface area contributed by atoms with E-state index >= 15 is 0 Å². The lowest BCUT2D eigenvalue weighted by molar-refractivity contribution is -0.126. The first-order valence-electron chi connectivity index (χ1n) is 9.12. The summed E-state index contributed by atoms with van der Waals surface area (Å²) < 4.78 is 27.4. The molecule has 3 rings (SSSR count). The maximum Gasteiger partial charge on any atom is 0.252 e. The zero-order valence-corrected chi connectivity index (χ0v) is 17.2. The van der Waals surface area contributed by atoms with E-state index in [2.05, 4.69) is 10.3 Å². The number of sulfonamides is 1. The molecule has 8 heteroatoms. The van der Waals surface area contributed by atoms with Crippen LogP contribution in [0.5, 0.6) is 0 Å². The Balaban J connectivity index is 1.59. The van der Waals surface area contributed by atoms with Crippen LogP contribution in [0.4, 0.5) is 0 Å². The molecule has 0 spiro atoms. The highest BCUT2D eigenvalue weighted by Gasteiger charge is 2.34. The number of carbonyl (C=O) groups is 1. The smallest absolute Gasteiger partial charge is 0.252 e. The van der Waals surface area contributed by atoms with Crippen LogP contribution in [-0.2, 0) is 14.8 Å². The number of nitrogens with zero attached hydrogens (tertiary/aromatic N) is 2. The predicted molar refractivity (Wildman–Crippen MR) is 106 cm³/mol. The molecule has 1 amide bonds. The van der Waals surface area contributed by atoms with Crippen LogP contribution in [0.15, 0.2) is 40.9 Å². The summed E-state index contributed by atoms with van der Waals surface area (Å²) >= 11 is 1.27. The molecule has 0 bridgehead atoms. The normalized spacial score (nSPS) is 19.6. The van der Waals surface area contributed by atoms with Gasteiger partial charge in [-0.25, -0.2) is 8.42 Å². The fraction of sp³-hybridized carbons (Fsp3) is 0.474. The Morgan fingerprint density at radius 2 is 2.07 bits per heavy atom. The molecule has 0 saturated carbocycles. The second-order valence-corrected chi connectivity index (χ2v) is 10.4. The topological polar surface area (TPSA) is 79.4 Å². The third-order valence-corrected chi connectivity index (χ3v) is 8.26. The van der Waals surface area contributed by atoms with E-state index in [9.17, 15) is 13.2 Å². The summed E-state index contributed by atoms with van der Waals surface area (Å²) in [5.41, 5.74) is 1.12. The van der Waals surface area contributed by atoms with Gasteiger partial charge in [0.2, 0.25) is 5.91 Å². The van der Waals surface area contributed by atoms with Crippen LogP contribution in [0.1, 0.15) is 36.1 Å². The van der Waals surface area contributed by atoms with Crippen LogP contribution in [-0.4, -0.2) is 43.2 Å². The predicted octanol–water partition coefficient (Wildman–Crippen LogP) is 2.77. The van der Waals surface area contributed by atoms with E-state index < -0.39 is 10.0 Å². The number of hydrogen-bond acceptors (Lipinski definition) is 5. The summed E-state index contributed by atoms with van der Waals surface area (Å²) in [4.78, 5) is 17.6. The molecule has 1 aliphatic heterocycles. The third-order valence-electron chi connectivity index (χ3n) is 4.92. The summed E-state index contributed by atoms with van der Waals surface area (Å²) in [7, 11) is -3.52. The molecule has 27 heavy (non-hydrogen) atoms. The van der Waals surface area contributed by atoms with Crippen molar-refractivity contribution < 1.29 is 13.2 Å². The minimum atomic E-state index is -3.52. The van der Waals surface area contributed by atoms with Gasteiger partial charge in [0.25, 0.3) is 10.0 Å². The van der Waals surface area contributed by atoms with E-state index in [-0.39, 0.29) is 24.3 Å². The van der Waals surface area contributed by atoms with Crippen molar-refractivity contribution in [3.8, 4) is 0 Å². The largest absolute Gasteiger partial charge is 0.355 e. The Bertz CT molecular complexity index is 881. The highest BCUT2D eigenvalue weighted by molar-refractivity contribution is 7.91. The zero-order chi connectivity index (χ0) is 19.4.